The molecule has 0 radical (unpaired) electrons. The van der Waals surface area contributed by atoms with Crippen molar-refractivity contribution in [3.63, 3.8) is 0 Å². The average Bonchev–Trinajstić information content (AvgIpc) is 2.42. The summed E-state index contributed by atoms with van der Waals surface area (Å²) in [4.78, 5) is 11.9. The second kappa shape index (κ2) is 9.38. The lowest BCUT2D eigenvalue weighted by molar-refractivity contribution is -0.122. The predicted octanol–water partition coefficient (Wildman–Crippen LogP) is 1.12. The molecule has 0 aromatic heterocycles. The Bertz CT molecular complexity index is 405. The van der Waals surface area contributed by atoms with E-state index in [2.05, 4.69) is 5.32 Å². The van der Waals surface area contributed by atoms with Crippen LogP contribution in [0.15, 0.2) is 0 Å². The Kier molecular flexibility index (Phi) is 8.21. The van der Waals surface area contributed by atoms with Crippen LogP contribution in [0.5, 0.6) is 0 Å². The van der Waals surface area contributed by atoms with Gasteiger partial charge < -0.3 is 10.1 Å². The molecule has 0 spiro atoms. The van der Waals surface area contributed by atoms with Gasteiger partial charge in [-0.15, -0.1) is 0 Å². The summed E-state index contributed by atoms with van der Waals surface area (Å²) in [5, 5.41) is 3.01. The number of amides is 1. The zero-order valence-electron chi connectivity index (χ0n) is 13.1. The van der Waals surface area contributed by atoms with Crippen LogP contribution in [0.25, 0.3) is 0 Å². The van der Waals surface area contributed by atoms with Gasteiger partial charge in [0.15, 0.2) is 0 Å². The van der Waals surface area contributed by atoms with Gasteiger partial charge in [-0.2, -0.15) is 0 Å². The number of methoxy groups -OCH3 is 1. The normalized spacial score (nSPS) is 17.1. The Morgan fingerprint density at radius 2 is 1.90 bits per heavy atom. The molecule has 0 aromatic carbocycles. The zero-order chi connectivity index (χ0) is 15.7. The molecule has 1 N–H and O–H groups in total. The molecule has 0 aliphatic heterocycles. The molecule has 0 saturated heterocycles. The summed E-state index contributed by atoms with van der Waals surface area (Å²) in [5.74, 6) is -0.0534. The van der Waals surface area contributed by atoms with Crippen LogP contribution in [0.3, 0.4) is 0 Å². The Morgan fingerprint density at radius 3 is 2.48 bits per heavy atom. The van der Waals surface area contributed by atoms with Gasteiger partial charge in [-0.25, -0.2) is 12.7 Å². The van der Waals surface area contributed by atoms with E-state index in [-0.39, 0.29) is 24.9 Å². The first-order chi connectivity index (χ1) is 9.93. The van der Waals surface area contributed by atoms with Crippen molar-refractivity contribution >= 4 is 15.9 Å². The lowest BCUT2D eigenvalue weighted by Crippen LogP contribution is -2.39. The van der Waals surface area contributed by atoms with Crippen LogP contribution >= 0.6 is 0 Å². The van der Waals surface area contributed by atoms with Gasteiger partial charge in [-0.3, -0.25) is 4.79 Å². The number of ether oxygens (including phenoxy) is 1. The predicted molar refractivity (Wildman–Crippen MR) is 82.5 cm³/mol. The van der Waals surface area contributed by atoms with E-state index in [4.69, 9.17) is 4.74 Å². The second-order valence-electron chi connectivity index (χ2n) is 5.66. The molecule has 7 heteroatoms. The molecular weight excluding hydrogens is 292 g/mol. The summed E-state index contributed by atoms with van der Waals surface area (Å²) < 4.78 is 29.6. The van der Waals surface area contributed by atoms with Crippen molar-refractivity contribution in [2.45, 2.75) is 51.0 Å². The Balaban J connectivity index is 2.35. The standard InChI is InChI=1S/C14H28N2O4S/c1-20-12-6-10-16(21(2,18)19)11-9-14(17)15-13-7-4-3-5-8-13/h13H,3-12H2,1-2H3,(H,15,17). The minimum Gasteiger partial charge on any atom is -0.385 e. The first-order valence-corrected chi connectivity index (χ1v) is 9.51. The fourth-order valence-electron chi connectivity index (χ4n) is 2.60. The third-order valence-corrected chi connectivity index (χ3v) is 5.09. The van der Waals surface area contributed by atoms with Gasteiger partial charge >= 0.3 is 0 Å². The molecule has 0 aromatic rings. The summed E-state index contributed by atoms with van der Waals surface area (Å²) in [6.45, 7) is 1.14. The third kappa shape index (κ3) is 7.78. The summed E-state index contributed by atoms with van der Waals surface area (Å²) in [5.41, 5.74) is 0. The van der Waals surface area contributed by atoms with Crippen molar-refractivity contribution in [3.05, 3.63) is 0 Å². The van der Waals surface area contributed by atoms with Gasteiger partial charge in [0.25, 0.3) is 0 Å². The molecule has 1 aliphatic rings. The quantitative estimate of drug-likeness (QED) is 0.646. The van der Waals surface area contributed by atoms with Crippen molar-refractivity contribution in [1.29, 1.82) is 0 Å². The van der Waals surface area contributed by atoms with E-state index in [1.54, 1.807) is 7.11 Å². The summed E-state index contributed by atoms with van der Waals surface area (Å²) >= 11 is 0. The van der Waals surface area contributed by atoms with E-state index in [9.17, 15) is 13.2 Å². The first kappa shape index (κ1) is 18.4. The molecule has 0 unspecified atom stereocenters. The molecule has 1 fully saturated rings. The molecule has 1 amide bonds. The second-order valence-corrected chi connectivity index (χ2v) is 7.64. The van der Waals surface area contributed by atoms with Crippen LogP contribution in [-0.4, -0.2) is 57.7 Å². The SMILES string of the molecule is COCCCN(CCC(=O)NC1CCCCC1)S(C)(=O)=O. The van der Waals surface area contributed by atoms with E-state index < -0.39 is 10.0 Å². The van der Waals surface area contributed by atoms with Crippen LogP contribution < -0.4 is 5.32 Å². The number of sulfonamides is 1. The fourth-order valence-corrected chi connectivity index (χ4v) is 3.49. The van der Waals surface area contributed by atoms with Crippen LogP contribution in [0, 0.1) is 0 Å². The maximum absolute atomic E-state index is 11.9. The number of hydrogen-bond donors (Lipinski definition) is 1. The van der Waals surface area contributed by atoms with Crippen LogP contribution in [0.4, 0.5) is 0 Å². The number of hydrogen-bond acceptors (Lipinski definition) is 4. The van der Waals surface area contributed by atoms with E-state index in [1.807, 2.05) is 0 Å². The van der Waals surface area contributed by atoms with E-state index >= 15 is 0 Å². The van der Waals surface area contributed by atoms with Crippen molar-refractivity contribution in [2.24, 2.45) is 0 Å². The number of rotatable bonds is 9. The van der Waals surface area contributed by atoms with Gasteiger partial charge in [-0.05, 0) is 19.3 Å². The molecule has 6 nitrogen and oxygen atoms in total. The van der Waals surface area contributed by atoms with Crippen molar-refractivity contribution in [2.75, 3.05) is 33.1 Å². The monoisotopic (exact) mass is 320 g/mol. The van der Waals surface area contributed by atoms with Crippen LogP contribution in [-0.2, 0) is 19.6 Å². The highest BCUT2D eigenvalue weighted by Crippen LogP contribution is 2.17. The molecule has 21 heavy (non-hydrogen) atoms. The van der Waals surface area contributed by atoms with Crippen LogP contribution in [0.1, 0.15) is 44.9 Å². The molecule has 1 aliphatic carbocycles. The van der Waals surface area contributed by atoms with Gasteiger partial charge in [0.05, 0.1) is 6.26 Å². The van der Waals surface area contributed by atoms with E-state index in [0.717, 1.165) is 25.7 Å². The lowest BCUT2D eigenvalue weighted by Gasteiger charge is -2.24. The van der Waals surface area contributed by atoms with Crippen molar-refractivity contribution in [3.8, 4) is 0 Å². The van der Waals surface area contributed by atoms with Gasteiger partial charge in [0.1, 0.15) is 0 Å². The molecule has 1 rings (SSSR count). The Labute approximate surface area is 128 Å². The maximum Gasteiger partial charge on any atom is 0.221 e. The zero-order valence-corrected chi connectivity index (χ0v) is 14.0. The minimum absolute atomic E-state index is 0.0534. The number of carbonyl (C=O) groups is 1. The highest BCUT2D eigenvalue weighted by atomic mass is 32.2. The smallest absolute Gasteiger partial charge is 0.221 e. The Morgan fingerprint density at radius 1 is 1.24 bits per heavy atom. The van der Waals surface area contributed by atoms with Gasteiger partial charge in [0.2, 0.25) is 15.9 Å². The highest BCUT2D eigenvalue weighted by molar-refractivity contribution is 7.88. The number of nitrogens with zero attached hydrogens (tertiary/aromatic N) is 1. The average molecular weight is 320 g/mol. The molecule has 124 valence electrons. The van der Waals surface area contributed by atoms with E-state index in [1.165, 1.54) is 17.0 Å². The number of carbonyl (C=O) groups excluding carboxylic acids is 1. The molecule has 1 saturated carbocycles. The third-order valence-electron chi connectivity index (χ3n) is 3.78. The lowest BCUT2D eigenvalue weighted by atomic mass is 9.95. The molecule has 0 heterocycles. The van der Waals surface area contributed by atoms with Crippen molar-refractivity contribution in [1.82, 2.24) is 9.62 Å². The minimum atomic E-state index is -3.28. The largest absolute Gasteiger partial charge is 0.385 e. The first-order valence-electron chi connectivity index (χ1n) is 7.67. The fraction of sp³-hybridized carbons (Fsp3) is 0.929. The number of nitrogens with one attached hydrogen (secondary N) is 1. The molecule has 0 bridgehead atoms. The molecule has 0 atom stereocenters. The Hall–Kier alpha value is -0.660. The van der Waals surface area contributed by atoms with Gasteiger partial charge in [-0.1, -0.05) is 19.3 Å². The maximum atomic E-state index is 11.9. The summed E-state index contributed by atoms with van der Waals surface area (Å²) in [6.07, 6.45) is 7.68. The highest BCUT2D eigenvalue weighted by Gasteiger charge is 2.19. The van der Waals surface area contributed by atoms with Crippen molar-refractivity contribution < 1.29 is 17.9 Å². The van der Waals surface area contributed by atoms with Gasteiger partial charge in [0, 0.05) is 39.3 Å². The summed E-state index contributed by atoms with van der Waals surface area (Å²) in [6, 6.07) is 0.270. The molecular formula is C14H28N2O4S. The topological polar surface area (TPSA) is 75.7 Å². The summed E-state index contributed by atoms with van der Waals surface area (Å²) in [7, 11) is -1.69. The van der Waals surface area contributed by atoms with E-state index in [0.29, 0.717) is 19.6 Å². The van der Waals surface area contributed by atoms with Crippen LogP contribution in [0.2, 0.25) is 0 Å².